The van der Waals surface area contributed by atoms with Gasteiger partial charge in [-0.25, -0.2) is 8.78 Å². The van der Waals surface area contributed by atoms with Gasteiger partial charge in [-0.1, -0.05) is 36.4 Å². The summed E-state index contributed by atoms with van der Waals surface area (Å²) in [5.74, 6) is -0.242. The number of likely N-dealkylation sites (tertiary alicyclic amines) is 2. The highest BCUT2D eigenvalue weighted by atomic mass is 19.1. The summed E-state index contributed by atoms with van der Waals surface area (Å²) in [5, 5.41) is 0. The Balaban J connectivity index is 1.26. The Kier molecular flexibility index (Phi) is 6.62. The van der Waals surface area contributed by atoms with E-state index in [4.69, 9.17) is 0 Å². The van der Waals surface area contributed by atoms with Crippen molar-refractivity contribution in [2.45, 2.75) is 31.7 Å². The van der Waals surface area contributed by atoms with Gasteiger partial charge in [-0.15, -0.1) is 0 Å². The second-order valence-corrected chi connectivity index (χ2v) is 9.46. The lowest BCUT2D eigenvalue weighted by Gasteiger charge is -2.47. The van der Waals surface area contributed by atoms with Gasteiger partial charge in [-0.3, -0.25) is 9.59 Å². The lowest BCUT2D eigenvalue weighted by molar-refractivity contribution is -0.140. The predicted octanol–water partition coefficient (Wildman–Crippen LogP) is 5.33. The molecule has 3 aromatic rings. The van der Waals surface area contributed by atoms with E-state index in [9.17, 15) is 18.4 Å². The van der Waals surface area contributed by atoms with Crippen molar-refractivity contribution >= 4 is 11.8 Å². The fraction of sp³-hybridized carbons (Fsp3) is 0.310. The Hall–Kier alpha value is -3.54. The molecule has 2 fully saturated rings. The zero-order valence-electron chi connectivity index (χ0n) is 19.5. The number of carbonyl (C=O) groups excluding carboxylic acids is 2. The van der Waals surface area contributed by atoms with E-state index in [1.54, 1.807) is 18.2 Å². The van der Waals surface area contributed by atoms with Crippen LogP contribution in [0.5, 0.6) is 0 Å². The summed E-state index contributed by atoms with van der Waals surface area (Å²) < 4.78 is 27.2. The highest BCUT2D eigenvalue weighted by Gasteiger charge is 2.40. The van der Waals surface area contributed by atoms with Crippen molar-refractivity contribution in [1.29, 1.82) is 0 Å². The summed E-state index contributed by atoms with van der Waals surface area (Å²) in [6, 6.07) is 20.3. The standard InChI is InChI=1S/C29H28F2N2O2/c30-25-8-1-4-20(16-25)12-15-33-27-13-14-32(19-24(27)10-11-28(33)34)29(35)23-7-2-5-21(17-23)22-6-3-9-26(31)18-22/h1-9,16-18,24,27H,10-15,19H2/t24-,27+/m1/s1. The molecule has 0 bridgehead atoms. The minimum absolute atomic E-state index is 0.0371. The zero-order valence-corrected chi connectivity index (χ0v) is 19.5. The van der Waals surface area contributed by atoms with Crippen LogP contribution in [0.1, 0.15) is 35.2 Å². The number of halogens is 2. The summed E-state index contributed by atoms with van der Waals surface area (Å²) >= 11 is 0. The van der Waals surface area contributed by atoms with Crippen LogP contribution in [-0.4, -0.2) is 47.3 Å². The molecule has 3 aromatic carbocycles. The monoisotopic (exact) mass is 474 g/mol. The molecule has 2 atom stereocenters. The molecule has 5 rings (SSSR count). The Bertz CT molecular complexity index is 1240. The average Bonchev–Trinajstić information content (AvgIpc) is 2.87. The molecule has 0 spiro atoms. The first-order chi connectivity index (χ1) is 17.0. The summed E-state index contributed by atoms with van der Waals surface area (Å²) in [6.45, 7) is 1.75. The molecule has 0 radical (unpaired) electrons. The van der Waals surface area contributed by atoms with Crippen LogP contribution >= 0.6 is 0 Å². The second-order valence-electron chi connectivity index (χ2n) is 9.46. The van der Waals surface area contributed by atoms with Crippen LogP contribution in [0.15, 0.2) is 72.8 Å². The first-order valence-electron chi connectivity index (χ1n) is 12.2. The lowest BCUT2D eigenvalue weighted by atomic mass is 9.83. The summed E-state index contributed by atoms with van der Waals surface area (Å²) in [6.07, 6.45) is 2.59. The third-order valence-electron chi connectivity index (χ3n) is 7.23. The molecule has 180 valence electrons. The van der Waals surface area contributed by atoms with Gasteiger partial charge in [0.2, 0.25) is 5.91 Å². The molecule has 0 aromatic heterocycles. The molecule has 0 aliphatic carbocycles. The molecule has 2 aliphatic rings. The number of piperidine rings is 2. The van der Waals surface area contributed by atoms with E-state index in [1.807, 2.05) is 40.1 Å². The maximum absolute atomic E-state index is 13.7. The number of carbonyl (C=O) groups is 2. The zero-order chi connectivity index (χ0) is 24.4. The number of amides is 2. The molecule has 2 aliphatic heterocycles. The Labute approximate surface area is 204 Å². The maximum Gasteiger partial charge on any atom is 0.253 e. The fourth-order valence-corrected chi connectivity index (χ4v) is 5.45. The largest absolute Gasteiger partial charge is 0.339 e. The fourth-order valence-electron chi connectivity index (χ4n) is 5.45. The van der Waals surface area contributed by atoms with Crippen molar-refractivity contribution in [3.05, 3.63) is 95.6 Å². The molecular weight excluding hydrogens is 446 g/mol. The minimum Gasteiger partial charge on any atom is -0.339 e. The highest BCUT2D eigenvalue weighted by molar-refractivity contribution is 5.95. The Morgan fingerprint density at radius 3 is 2.37 bits per heavy atom. The topological polar surface area (TPSA) is 40.6 Å². The van der Waals surface area contributed by atoms with E-state index in [-0.39, 0.29) is 35.4 Å². The molecular formula is C29H28F2N2O2. The van der Waals surface area contributed by atoms with Gasteiger partial charge < -0.3 is 9.80 Å². The van der Waals surface area contributed by atoms with Crippen LogP contribution in [0.2, 0.25) is 0 Å². The summed E-state index contributed by atoms with van der Waals surface area (Å²) in [4.78, 5) is 29.9. The SMILES string of the molecule is O=C(c1cccc(-c2cccc(F)c2)c1)N1CC[C@H]2[C@H](CCC(=O)N2CCc2cccc(F)c2)C1. The molecule has 2 saturated heterocycles. The van der Waals surface area contributed by atoms with E-state index in [0.29, 0.717) is 38.0 Å². The van der Waals surface area contributed by atoms with Gasteiger partial charge in [0.25, 0.3) is 5.91 Å². The molecule has 2 amide bonds. The van der Waals surface area contributed by atoms with E-state index < -0.39 is 0 Å². The van der Waals surface area contributed by atoms with Crippen LogP contribution in [-0.2, 0) is 11.2 Å². The smallest absolute Gasteiger partial charge is 0.253 e. The number of benzene rings is 3. The molecule has 2 heterocycles. The first-order valence-corrected chi connectivity index (χ1v) is 12.2. The van der Waals surface area contributed by atoms with Crippen molar-refractivity contribution in [2.24, 2.45) is 5.92 Å². The minimum atomic E-state index is -0.310. The van der Waals surface area contributed by atoms with Crippen molar-refractivity contribution in [1.82, 2.24) is 9.80 Å². The average molecular weight is 475 g/mol. The van der Waals surface area contributed by atoms with Gasteiger partial charge in [0.15, 0.2) is 0 Å². The van der Waals surface area contributed by atoms with Gasteiger partial charge in [0, 0.05) is 37.7 Å². The third kappa shape index (κ3) is 5.11. The van der Waals surface area contributed by atoms with E-state index in [2.05, 4.69) is 0 Å². The molecule has 4 nitrogen and oxygen atoms in total. The molecule has 0 N–H and O–H groups in total. The molecule has 0 unspecified atom stereocenters. The van der Waals surface area contributed by atoms with Gasteiger partial charge >= 0.3 is 0 Å². The molecule has 6 heteroatoms. The van der Waals surface area contributed by atoms with Crippen LogP contribution in [0.3, 0.4) is 0 Å². The summed E-state index contributed by atoms with van der Waals surface area (Å²) in [7, 11) is 0. The van der Waals surface area contributed by atoms with Crippen LogP contribution < -0.4 is 0 Å². The van der Waals surface area contributed by atoms with Gasteiger partial charge in [0.05, 0.1) is 0 Å². The first kappa shape index (κ1) is 23.2. The predicted molar refractivity (Wildman–Crippen MR) is 131 cm³/mol. The van der Waals surface area contributed by atoms with Crippen LogP contribution in [0.4, 0.5) is 8.78 Å². The second kappa shape index (κ2) is 9.98. The lowest BCUT2D eigenvalue weighted by Crippen LogP contribution is -2.57. The van der Waals surface area contributed by atoms with Crippen molar-refractivity contribution in [2.75, 3.05) is 19.6 Å². The van der Waals surface area contributed by atoms with Gasteiger partial charge in [-0.05, 0) is 78.3 Å². The third-order valence-corrected chi connectivity index (χ3v) is 7.23. The molecule has 0 saturated carbocycles. The number of nitrogens with zero attached hydrogens (tertiary/aromatic N) is 2. The number of hydrogen-bond donors (Lipinski definition) is 0. The van der Waals surface area contributed by atoms with Crippen molar-refractivity contribution in [3.8, 4) is 11.1 Å². The van der Waals surface area contributed by atoms with E-state index >= 15 is 0 Å². The molecule has 35 heavy (non-hydrogen) atoms. The quantitative estimate of drug-likeness (QED) is 0.502. The van der Waals surface area contributed by atoms with Crippen molar-refractivity contribution < 1.29 is 18.4 Å². The maximum atomic E-state index is 13.7. The van der Waals surface area contributed by atoms with Crippen LogP contribution in [0.25, 0.3) is 11.1 Å². The van der Waals surface area contributed by atoms with Crippen molar-refractivity contribution in [3.63, 3.8) is 0 Å². The highest BCUT2D eigenvalue weighted by Crippen LogP contribution is 2.32. The van der Waals surface area contributed by atoms with Crippen LogP contribution in [0, 0.1) is 17.6 Å². The Morgan fingerprint density at radius 2 is 1.60 bits per heavy atom. The normalized spacial score (nSPS) is 20.0. The Morgan fingerprint density at radius 1 is 0.886 bits per heavy atom. The number of rotatable bonds is 5. The van der Waals surface area contributed by atoms with Gasteiger partial charge in [-0.2, -0.15) is 0 Å². The summed E-state index contributed by atoms with van der Waals surface area (Å²) in [5.41, 5.74) is 3.00. The van der Waals surface area contributed by atoms with E-state index in [0.717, 1.165) is 29.5 Å². The van der Waals surface area contributed by atoms with E-state index in [1.165, 1.54) is 24.3 Å². The number of fused-ring (bicyclic) bond motifs is 1. The number of hydrogen-bond acceptors (Lipinski definition) is 2. The van der Waals surface area contributed by atoms with Gasteiger partial charge in [0.1, 0.15) is 11.6 Å².